The van der Waals surface area contributed by atoms with Gasteiger partial charge in [-0.25, -0.2) is 9.78 Å². The average Bonchev–Trinajstić information content (AvgIpc) is 3.11. The summed E-state index contributed by atoms with van der Waals surface area (Å²) in [5.41, 5.74) is 1.42. The Labute approximate surface area is 105 Å². The number of benzene rings is 1. The van der Waals surface area contributed by atoms with Crippen molar-refractivity contribution in [1.29, 1.82) is 0 Å². The van der Waals surface area contributed by atoms with Gasteiger partial charge in [0.1, 0.15) is 5.82 Å². The number of aromatic nitrogens is 2. The second-order valence-electron chi connectivity index (χ2n) is 4.69. The molecule has 1 saturated carbocycles. The summed E-state index contributed by atoms with van der Waals surface area (Å²) in [4.78, 5) is 15.2. The molecule has 1 aliphatic carbocycles. The number of carboxylic acid groups (broad SMARTS) is 1. The lowest BCUT2D eigenvalue weighted by atomic mass is 10.1. The Hall–Kier alpha value is -2.10. The van der Waals surface area contributed by atoms with Gasteiger partial charge < -0.3 is 9.67 Å². The third-order valence-corrected chi connectivity index (χ3v) is 3.24. The topological polar surface area (TPSA) is 55.1 Å². The van der Waals surface area contributed by atoms with Gasteiger partial charge in [0.15, 0.2) is 0 Å². The molecule has 0 bridgehead atoms. The first-order valence-electron chi connectivity index (χ1n) is 6.07. The smallest absolute Gasteiger partial charge is 0.335 e. The van der Waals surface area contributed by atoms with Gasteiger partial charge in [0.2, 0.25) is 0 Å². The van der Waals surface area contributed by atoms with Gasteiger partial charge in [-0.2, -0.15) is 0 Å². The molecule has 1 aliphatic rings. The maximum absolute atomic E-state index is 10.8. The summed E-state index contributed by atoms with van der Waals surface area (Å²) < 4.78 is 2.15. The minimum absolute atomic E-state index is 0.326. The molecule has 3 rings (SSSR count). The second-order valence-corrected chi connectivity index (χ2v) is 4.69. The van der Waals surface area contributed by atoms with Crippen LogP contribution in [0.2, 0.25) is 0 Å². The Morgan fingerprint density at radius 3 is 2.67 bits per heavy atom. The standard InChI is InChI=1S/C14H14N2O2/c17-14(18)12-3-1-10(2-4-12)9-16-8-7-15-13(16)11-5-6-11/h1-4,7-8,11H,5-6,9H2,(H,17,18). The van der Waals surface area contributed by atoms with E-state index in [2.05, 4.69) is 9.55 Å². The fourth-order valence-electron chi connectivity index (χ4n) is 2.11. The van der Waals surface area contributed by atoms with E-state index in [4.69, 9.17) is 5.11 Å². The summed E-state index contributed by atoms with van der Waals surface area (Å²) in [7, 11) is 0. The zero-order chi connectivity index (χ0) is 12.5. The molecule has 0 saturated heterocycles. The quantitative estimate of drug-likeness (QED) is 0.896. The van der Waals surface area contributed by atoms with Crippen LogP contribution >= 0.6 is 0 Å². The van der Waals surface area contributed by atoms with Gasteiger partial charge >= 0.3 is 5.97 Å². The number of hydrogen-bond acceptors (Lipinski definition) is 2. The molecule has 1 fully saturated rings. The van der Waals surface area contributed by atoms with Crippen molar-refractivity contribution in [3.63, 3.8) is 0 Å². The van der Waals surface area contributed by atoms with Gasteiger partial charge in [-0.15, -0.1) is 0 Å². The minimum atomic E-state index is -0.886. The highest BCUT2D eigenvalue weighted by Crippen LogP contribution is 2.39. The first-order chi connectivity index (χ1) is 8.74. The minimum Gasteiger partial charge on any atom is -0.478 e. The van der Waals surface area contributed by atoms with Crippen LogP contribution in [0.1, 0.15) is 40.5 Å². The van der Waals surface area contributed by atoms with Crippen molar-refractivity contribution < 1.29 is 9.90 Å². The zero-order valence-electron chi connectivity index (χ0n) is 9.91. The van der Waals surface area contributed by atoms with Crippen LogP contribution in [0.3, 0.4) is 0 Å². The van der Waals surface area contributed by atoms with Crippen molar-refractivity contribution in [3.05, 3.63) is 53.6 Å². The Bertz CT molecular complexity index is 568. The van der Waals surface area contributed by atoms with Crippen LogP contribution in [0.15, 0.2) is 36.7 Å². The molecular formula is C14H14N2O2. The van der Waals surface area contributed by atoms with E-state index in [1.54, 1.807) is 12.1 Å². The molecule has 0 spiro atoms. The molecule has 0 unspecified atom stereocenters. The predicted molar refractivity (Wildman–Crippen MR) is 66.7 cm³/mol. The molecule has 1 aromatic heterocycles. The molecule has 1 heterocycles. The zero-order valence-corrected chi connectivity index (χ0v) is 9.91. The molecule has 0 radical (unpaired) electrons. The summed E-state index contributed by atoms with van der Waals surface area (Å²) >= 11 is 0. The van der Waals surface area contributed by atoms with Gasteiger partial charge in [-0.1, -0.05) is 12.1 Å². The molecule has 18 heavy (non-hydrogen) atoms. The molecule has 1 N–H and O–H groups in total. The van der Waals surface area contributed by atoms with E-state index in [1.807, 2.05) is 24.5 Å². The highest BCUT2D eigenvalue weighted by atomic mass is 16.4. The maximum Gasteiger partial charge on any atom is 0.335 e. The molecule has 0 aliphatic heterocycles. The van der Waals surface area contributed by atoms with Gasteiger partial charge in [-0.05, 0) is 30.5 Å². The van der Waals surface area contributed by atoms with E-state index in [9.17, 15) is 4.79 Å². The Morgan fingerprint density at radius 2 is 2.06 bits per heavy atom. The number of carboxylic acids is 1. The fourth-order valence-corrected chi connectivity index (χ4v) is 2.11. The molecule has 92 valence electrons. The largest absolute Gasteiger partial charge is 0.478 e. The number of nitrogens with zero attached hydrogens (tertiary/aromatic N) is 2. The Balaban J connectivity index is 1.79. The van der Waals surface area contributed by atoms with Crippen molar-refractivity contribution in [3.8, 4) is 0 Å². The monoisotopic (exact) mass is 242 g/mol. The second kappa shape index (κ2) is 4.29. The molecule has 0 amide bonds. The molecule has 1 aromatic carbocycles. The van der Waals surface area contributed by atoms with Gasteiger partial charge in [0, 0.05) is 24.9 Å². The van der Waals surface area contributed by atoms with Crippen LogP contribution in [-0.2, 0) is 6.54 Å². The van der Waals surface area contributed by atoms with Gasteiger partial charge in [0.25, 0.3) is 0 Å². The fraction of sp³-hybridized carbons (Fsp3) is 0.286. The molecule has 4 nitrogen and oxygen atoms in total. The SMILES string of the molecule is O=C(O)c1ccc(Cn2ccnc2C2CC2)cc1. The Kier molecular flexibility index (Phi) is 2.63. The summed E-state index contributed by atoms with van der Waals surface area (Å²) in [6, 6.07) is 7.01. The molecular weight excluding hydrogens is 228 g/mol. The molecule has 0 atom stereocenters. The lowest BCUT2D eigenvalue weighted by molar-refractivity contribution is 0.0697. The van der Waals surface area contributed by atoms with E-state index >= 15 is 0 Å². The van der Waals surface area contributed by atoms with Crippen molar-refractivity contribution in [2.45, 2.75) is 25.3 Å². The van der Waals surface area contributed by atoms with Crippen LogP contribution in [-0.4, -0.2) is 20.6 Å². The highest BCUT2D eigenvalue weighted by molar-refractivity contribution is 5.87. The van der Waals surface area contributed by atoms with E-state index in [-0.39, 0.29) is 0 Å². The maximum atomic E-state index is 10.8. The van der Waals surface area contributed by atoms with E-state index in [0.717, 1.165) is 17.9 Å². The van der Waals surface area contributed by atoms with Crippen LogP contribution in [0.4, 0.5) is 0 Å². The third kappa shape index (κ3) is 2.14. The first-order valence-corrected chi connectivity index (χ1v) is 6.07. The Morgan fingerprint density at radius 1 is 1.33 bits per heavy atom. The summed E-state index contributed by atoms with van der Waals surface area (Å²) in [5.74, 6) is 0.887. The molecule has 2 aromatic rings. The summed E-state index contributed by atoms with van der Waals surface area (Å²) in [6.07, 6.45) is 6.28. The van der Waals surface area contributed by atoms with Crippen LogP contribution in [0.5, 0.6) is 0 Å². The normalized spacial score (nSPS) is 14.7. The van der Waals surface area contributed by atoms with E-state index < -0.39 is 5.97 Å². The predicted octanol–water partition coefficient (Wildman–Crippen LogP) is 2.51. The summed E-state index contributed by atoms with van der Waals surface area (Å²) in [5, 5.41) is 8.84. The lowest BCUT2D eigenvalue weighted by Crippen LogP contribution is -2.04. The highest BCUT2D eigenvalue weighted by Gasteiger charge is 2.27. The first kappa shape index (κ1) is 11.0. The van der Waals surface area contributed by atoms with Crippen LogP contribution in [0, 0.1) is 0 Å². The van der Waals surface area contributed by atoms with Crippen molar-refractivity contribution >= 4 is 5.97 Å². The van der Waals surface area contributed by atoms with Crippen LogP contribution in [0.25, 0.3) is 0 Å². The van der Waals surface area contributed by atoms with Crippen LogP contribution < -0.4 is 0 Å². The van der Waals surface area contributed by atoms with Crippen molar-refractivity contribution in [1.82, 2.24) is 9.55 Å². The summed E-state index contributed by atoms with van der Waals surface area (Å²) in [6.45, 7) is 0.756. The average molecular weight is 242 g/mol. The lowest BCUT2D eigenvalue weighted by Gasteiger charge is -2.07. The number of carbonyl (C=O) groups is 1. The van der Waals surface area contributed by atoms with E-state index in [0.29, 0.717) is 11.5 Å². The van der Waals surface area contributed by atoms with Gasteiger partial charge in [-0.3, -0.25) is 0 Å². The number of rotatable bonds is 4. The van der Waals surface area contributed by atoms with Gasteiger partial charge in [0.05, 0.1) is 5.56 Å². The number of hydrogen-bond donors (Lipinski definition) is 1. The number of aromatic carboxylic acids is 1. The third-order valence-electron chi connectivity index (χ3n) is 3.24. The number of imidazole rings is 1. The molecule has 4 heteroatoms. The van der Waals surface area contributed by atoms with E-state index in [1.165, 1.54) is 12.8 Å². The van der Waals surface area contributed by atoms with Crippen molar-refractivity contribution in [2.24, 2.45) is 0 Å². The van der Waals surface area contributed by atoms with Crippen molar-refractivity contribution in [2.75, 3.05) is 0 Å².